The van der Waals surface area contributed by atoms with Crippen LogP contribution in [0.25, 0.3) is 0 Å². The van der Waals surface area contributed by atoms with Crippen LogP contribution in [0.15, 0.2) is 12.1 Å². The van der Waals surface area contributed by atoms with Crippen LogP contribution in [0, 0.1) is 0 Å². The molecule has 3 nitrogen and oxygen atoms in total. The molecule has 0 radical (unpaired) electrons. The molecule has 0 spiro atoms. The maximum Gasteiger partial charge on any atom is 0.233 e. The van der Waals surface area contributed by atoms with Crippen molar-refractivity contribution in [3.63, 3.8) is 0 Å². The first-order valence-electron chi connectivity index (χ1n) is 5.64. The first kappa shape index (κ1) is 11.7. The molecule has 0 amide bonds. The van der Waals surface area contributed by atoms with E-state index >= 15 is 0 Å². The Morgan fingerprint density at radius 2 is 2.12 bits per heavy atom. The lowest BCUT2D eigenvalue weighted by molar-refractivity contribution is 0.217. The highest BCUT2D eigenvalue weighted by Crippen LogP contribution is 2.23. The van der Waals surface area contributed by atoms with Crippen molar-refractivity contribution >= 4 is 11.8 Å². The van der Waals surface area contributed by atoms with Gasteiger partial charge in [0.2, 0.25) is 5.88 Å². The van der Waals surface area contributed by atoms with Crippen molar-refractivity contribution < 1.29 is 4.74 Å². The largest absolute Gasteiger partial charge is 0.472 e. The van der Waals surface area contributed by atoms with E-state index in [2.05, 4.69) is 31.0 Å². The van der Waals surface area contributed by atoms with Crippen LogP contribution in [0.2, 0.25) is 0 Å². The van der Waals surface area contributed by atoms with Crippen LogP contribution in [-0.2, 0) is 5.41 Å². The molecule has 1 aliphatic rings. The minimum absolute atomic E-state index is 0.0503. The van der Waals surface area contributed by atoms with Gasteiger partial charge < -0.3 is 4.74 Å². The van der Waals surface area contributed by atoms with Crippen LogP contribution < -0.4 is 4.74 Å². The smallest absolute Gasteiger partial charge is 0.233 e. The molecule has 0 bridgehead atoms. The third kappa shape index (κ3) is 2.88. The van der Waals surface area contributed by atoms with Crippen LogP contribution in [-0.4, -0.2) is 27.8 Å². The molecule has 16 heavy (non-hydrogen) atoms. The Morgan fingerprint density at radius 1 is 1.31 bits per heavy atom. The first-order valence-corrected chi connectivity index (χ1v) is 6.80. The average molecular weight is 238 g/mol. The van der Waals surface area contributed by atoms with Gasteiger partial charge >= 0.3 is 0 Å². The Balaban J connectivity index is 2.01. The van der Waals surface area contributed by atoms with Gasteiger partial charge in [0.1, 0.15) is 6.10 Å². The maximum atomic E-state index is 5.75. The van der Waals surface area contributed by atoms with Gasteiger partial charge in [-0.1, -0.05) is 20.8 Å². The molecule has 2 rings (SSSR count). The van der Waals surface area contributed by atoms with Gasteiger partial charge in [0, 0.05) is 17.2 Å². The van der Waals surface area contributed by atoms with E-state index in [-0.39, 0.29) is 5.41 Å². The number of thioether (sulfide) groups is 1. The topological polar surface area (TPSA) is 35.0 Å². The van der Waals surface area contributed by atoms with Crippen molar-refractivity contribution in [2.45, 2.75) is 38.7 Å². The summed E-state index contributed by atoms with van der Waals surface area (Å²) in [7, 11) is 0. The van der Waals surface area contributed by atoms with Crippen molar-refractivity contribution in [3.05, 3.63) is 17.8 Å². The molecule has 1 saturated heterocycles. The van der Waals surface area contributed by atoms with Gasteiger partial charge in [-0.15, -0.1) is 5.10 Å². The van der Waals surface area contributed by atoms with Crippen LogP contribution >= 0.6 is 11.8 Å². The van der Waals surface area contributed by atoms with Gasteiger partial charge in [0.25, 0.3) is 0 Å². The lowest BCUT2D eigenvalue weighted by Crippen LogP contribution is -2.18. The van der Waals surface area contributed by atoms with E-state index in [1.165, 1.54) is 5.75 Å². The first-order chi connectivity index (χ1) is 7.55. The minimum atomic E-state index is 0.0503. The predicted molar refractivity (Wildman–Crippen MR) is 67.1 cm³/mol. The minimum Gasteiger partial charge on any atom is -0.472 e. The Morgan fingerprint density at radius 3 is 2.62 bits per heavy atom. The number of aromatic nitrogens is 2. The van der Waals surface area contributed by atoms with Crippen LogP contribution in [0.5, 0.6) is 5.88 Å². The van der Waals surface area contributed by atoms with E-state index < -0.39 is 0 Å². The monoisotopic (exact) mass is 238 g/mol. The maximum absolute atomic E-state index is 5.75. The molecule has 88 valence electrons. The second-order valence-electron chi connectivity index (χ2n) is 5.11. The lowest BCUT2D eigenvalue weighted by Gasteiger charge is -2.17. The fourth-order valence-electron chi connectivity index (χ4n) is 1.56. The van der Waals surface area contributed by atoms with Gasteiger partial charge in [-0.2, -0.15) is 16.9 Å². The number of rotatable bonds is 2. The fourth-order valence-corrected chi connectivity index (χ4v) is 2.65. The molecule has 4 heteroatoms. The number of hydrogen-bond acceptors (Lipinski definition) is 4. The summed E-state index contributed by atoms with van der Waals surface area (Å²) in [6, 6.07) is 3.93. The summed E-state index contributed by atoms with van der Waals surface area (Å²) in [6.45, 7) is 6.39. The summed E-state index contributed by atoms with van der Waals surface area (Å²) in [6.07, 6.45) is 1.44. The molecule has 2 heterocycles. The normalized spacial score (nSPS) is 21.1. The van der Waals surface area contributed by atoms with Crippen molar-refractivity contribution in [2.75, 3.05) is 11.5 Å². The number of hydrogen-bond donors (Lipinski definition) is 0. The molecule has 1 unspecified atom stereocenters. The quantitative estimate of drug-likeness (QED) is 0.793. The van der Waals surface area contributed by atoms with Crippen molar-refractivity contribution in [2.24, 2.45) is 0 Å². The Kier molecular flexibility index (Phi) is 3.38. The summed E-state index contributed by atoms with van der Waals surface area (Å²) in [5.41, 5.74) is 1.05. The molecule has 1 aromatic rings. The molecule has 0 N–H and O–H groups in total. The third-order valence-electron chi connectivity index (χ3n) is 2.58. The second kappa shape index (κ2) is 4.62. The van der Waals surface area contributed by atoms with E-state index in [1.807, 2.05) is 23.9 Å². The van der Waals surface area contributed by atoms with Crippen molar-refractivity contribution in [1.82, 2.24) is 10.2 Å². The average Bonchev–Trinajstić information content (AvgIpc) is 2.70. The van der Waals surface area contributed by atoms with Crippen molar-refractivity contribution in [1.29, 1.82) is 0 Å². The zero-order valence-corrected chi connectivity index (χ0v) is 10.9. The highest BCUT2D eigenvalue weighted by molar-refractivity contribution is 7.99. The van der Waals surface area contributed by atoms with E-state index in [0.717, 1.165) is 17.9 Å². The molecule has 1 atom stereocenters. The molecule has 0 aliphatic carbocycles. The summed E-state index contributed by atoms with van der Waals surface area (Å²) in [4.78, 5) is 0. The molecular formula is C12H18N2OS. The van der Waals surface area contributed by atoms with Gasteiger partial charge in [0.05, 0.1) is 5.69 Å². The standard InChI is InChI=1S/C12H18N2OS/c1-12(2,3)10-4-5-11(14-13-10)15-9-6-7-16-8-9/h4-5,9H,6-8H2,1-3H3. The Hall–Kier alpha value is -0.770. The number of ether oxygens (including phenoxy) is 1. The summed E-state index contributed by atoms with van der Waals surface area (Å²) in [5.74, 6) is 2.92. The second-order valence-corrected chi connectivity index (χ2v) is 6.26. The summed E-state index contributed by atoms with van der Waals surface area (Å²) in [5, 5.41) is 8.34. The Bertz CT molecular complexity index is 339. The summed E-state index contributed by atoms with van der Waals surface area (Å²) < 4.78 is 5.75. The fraction of sp³-hybridized carbons (Fsp3) is 0.667. The molecule has 1 fully saturated rings. The highest BCUT2D eigenvalue weighted by Gasteiger charge is 2.19. The van der Waals surface area contributed by atoms with Crippen LogP contribution in [0.1, 0.15) is 32.9 Å². The molecule has 0 saturated carbocycles. The molecule has 0 aromatic carbocycles. The molecule has 1 aliphatic heterocycles. The van der Waals surface area contributed by atoms with Gasteiger partial charge in [-0.3, -0.25) is 0 Å². The van der Waals surface area contributed by atoms with E-state index in [1.54, 1.807) is 0 Å². The van der Waals surface area contributed by atoms with E-state index in [9.17, 15) is 0 Å². The van der Waals surface area contributed by atoms with E-state index in [0.29, 0.717) is 12.0 Å². The molecular weight excluding hydrogens is 220 g/mol. The Labute approximate surface area is 101 Å². The SMILES string of the molecule is CC(C)(C)c1ccc(OC2CCSC2)nn1. The highest BCUT2D eigenvalue weighted by atomic mass is 32.2. The predicted octanol–water partition coefficient (Wildman–Crippen LogP) is 2.66. The number of nitrogens with zero attached hydrogens (tertiary/aromatic N) is 2. The zero-order chi connectivity index (χ0) is 11.6. The van der Waals surface area contributed by atoms with Gasteiger partial charge in [-0.25, -0.2) is 0 Å². The van der Waals surface area contributed by atoms with Crippen molar-refractivity contribution in [3.8, 4) is 5.88 Å². The zero-order valence-electron chi connectivity index (χ0n) is 10.1. The third-order valence-corrected chi connectivity index (χ3v) is 3.72. The summed E-state index contributed by atoms with van der Waals surface area (Å²) >= 11 is 1.94. The van der Waals surface area contributed by atoms with Gasteiger partial charge in [0.15, 0.2) is 0 Å². The van der Waals surface area contributed by atoms with Gasteiger partial charge in [-0.05, 0) is 18.2 Å². The van der Waals surface area contributed by atoms with E-state index in [4.69, 9.17) is 4.74 Å². The lowest BCUT2D eigenvalue weighted by atomic mass is 9.92. The molecule has 1 aromatic heterocycles. The van der Waals surface area contributed by atoms with Crippen LogP contribution in [0.3, 0.4) is 0 Å². The van der Waals surface area contributed by atoms with Crippen LogP contribution in [0.4, 0.5) is 0 Å².